The van der Waals surface area contributed by atoms with Crippen LogP contribution in [0.3, 0.4) is 0 Å². The first-order valence-corrected chi connectivity index (χ1v) is 10.6. The number of likely N-dealkylation sites (tertiary alicyclic amines) is 1. The normalized spacial score (nSPS) is 14.2. The van der Waals surface area contributed by atoms with E-state index in [1.807, 2.05) is 36.4 Å². The van der Waals surface area contributed by atoms with Gasteiger partial charge in [0.25, 0.3) is 5.91 Å². The molecule has 0 radical (unpaired) electrons. The molecule has 1 saturated heterocycles. The molecule has 1 aliphatic heterocycles. The molecular weight excluding hydrogens is 408 g/mol. The largest absolute Gasteiger partial charge is 0.496 e. The smallest absolute Gasteiger partial charge is 0.253 e. The molecule has 1 aromatic heterocycles. The monoisotopic (exact) mass is 434 g/mol. The van der Waals surface area contributed by atoms with Crippen molar-refractivity contribution in [3.8, 4) is 17.1 Å². The molecule has 0 aliphatic carbocycles. The van der Waals surface area contributed by atoms with Crippen molar-refractivity contribution < 1.29 is 18.8 Å². The molecule has 0 atom stereocenters. The molecule has 2 heterocycles. The average Bonchev–Trinajstić information content (AvgIpc) is 3.28. The minimum absolute atomic E-state index is 0.0164. The van der Waals surface area contributed by atoms with Crippen LogP contribution in [0, 0.1) is 12.8 Å². The highest BCUT2D eigenvalue weighted by atomic mass is 16.5. The first-order valence-electron chi connectivity index (χ1n) is 10.6. The van der Waals surface area contributed by atoms with Gasteiger partial charge in [-0.25, -0.2) is 0 Å². The summed E-state index contributed by atoms with van der Waals surface area (Å²) in [5, 5.41) is 6.89. The third-order valence-corrected chi connectivity index (χ3v) is 5.72. The molecule has 8 nitrogen and oxygen atoms in total. The third kappa shape index (κ3) is 4.80. The van der Waals surface area contributed by atoms with Crippen LogP contribution in [0.15, 0.2) is 53.1 Å². The second-order valence-corrected chi connectivity index (χ2v) is 7.81. The van der Waals surface area contributed by atoms with Crippen LogP contribution in [0.25, 0.3) is 11.4 Å². The number of rotatable bonds is 6. The number of aromatic nitrogens is 2. The Morgan fingerprint density at radius 2 is 1.84 bits per heavy atom. The van der Waals surface area contributed by atoms with Crippen molar-refractivity contribution in [2.24, 2.45) is 5.92 Å². The van der Waals surface area contributed by atoms with E-state index < -0.39 is 0 Å². The predicted octanol–water partition coefficient (Wildman–Crippen LogP) is 3.22. The zero-order valence-corrected chi connectivity index (χ0v) is 18.2. The Balaban J connectivity index is 1.29. The number of para-hydroxylation sites is 1. The minimum atomic E-state index is -0.0994. The van der Waals surface area contributed by atoms with Gasteiger partial charge in [0.15, 0.2) is 0 Å². The Hall–Kier alpha value is -3.68. The molecular formula is C24H26N4O4. The fourth-order valence-electron chi connectivity index (χ4n) is 3.88. The molecule has 0 saturated carbocycles. The predicted molar refractivity (Wildman–Crippen MR) is 118 cm³/mol. The molecule has 0 bridgehead atoms. The summed E-state index contributed by atoms with van der Waals surface area (Å²) in [4.78, 5) is 31.5. The zero-order valence-electron chi connectivity index (χ0n) is 18.2. The molecule has 2 amide bonds. The van der Waals surface area contributed by atoms with Crippen molar-refractivity contribution in [1.29, 1.82) is 0 Å². The second-order valence-electron chi connectivity index (χ2n) is 7.81. The SMILES string of the molecule is COc1ccccc1CNC(=O)C1CCN(C(=O)c2ccc(-c3noc(C)n3)cc2)CC1. The molecule has 1 N–H and O–H groups in total. The molecule has 8 heteroatoms. The van der Waals surface area contributed by atoms with Crippen molar-refractivity contribution >= 4 is 11.8 Å². The van der Waals surface area contributed by atoms with Gasteiger partial charge in [-0.1, -0.05) is 35.5 Å². The number of hydrogen-bond acceptors (Lipinski definition) is 6. The van der Waals surface area contributed by atoms with Gasteiger partial charge in [0.05, 0.1) is 7.11 Å². The van der Waals surface area contributed by atoms with Crippen LogP contribution in [-0.2, 0) is 11.3 Å². The lowest BCUT2D eigenvalue weighted by Crippen LogP contribution is -2.42. The third-order valence-electron chi connectivity index (χ3n) is 5.72. The van der Waals surface area contributed by atoms with Gasteiger partial charge in [0.1, 0.15) is 5.75 Å². The van der Waals surface area contributed by atoms with Crippen molar-refractivity contribution in [1.82, 2.24) is 20.4 Å². The molecule has 32 heavy (non-hydrogen) atoms. The quantitative estimate of drug-likeness (QED) is 0.640. The van der Waals surface area contributed by atoms with Gasteiger partial charge in [-0.05, 0) is 31.0 Å². The average molecular weight is 434 g/mol. The highest BCUT2D eigenvalue weighted by Gasteiger charge is 2.28. The molecule has 0 spiro atoms. The van der Waals surface area contributed by atoms with Crippen molar-refractivity contribution in [3.05, 3.63) is 65.5 Å². The highest BCUT2D eigenvalue weighted by Crippen LogP contribution is 2.22. The van der Waals surface area contributed by atoms with Gasteiger partial charge in [-0.3, -0.25) is 9.59 Å². The van der Waals surface area contributed by atoms with Gasteiger partial charge in [0.2, 0.25) is 17.6 Å². The summed E-state index contributed by atoms with van der Waals surface area (Å²) in [6.45, 7) is 3.26. The van der Waals surface area contributed by atoms with E-state index in [0.29, 0.717) is 49.8 Å². The number of ether oxygens (including phenoxy) is 1. The van der Waals surface area contributed by atoms with Crippen LogP contribution >= 0.6 is 0 Å². The Bertz CT molecular complexity index is 1090. The Morgan fingerprint density at radius 1 is 1.12 bits per heavy atom. The number of benzene rings is 2. The summed E-state index contributed by atoms with van der Waals surface area (Å²) in [6.07, 6.45) is 1.29. The number of hydrogen-bond donors (Lipinski definition) is 1. The lowest BCUT2D eigenvalue weighted by Gasteiger charge is -2.31. The number of nitrogens with one attached hydrogen (secondary N) is 1. The van der Waals surface area contributed by atoms with Crippen molar-refractivity contribution in [3.63, 3.8) is 0 Å². The topological polar surface area (TPSA) is 97.6 Å². The summed E-state index contributed by atoms with van der Waals surface area (Å²) in [5.74, 6) is 1.64. The van der Waals surface area contributed by atoms with Gasteiger partial charge < -0.3 is 19.5 Å². The molecule has 166 valence electrons. The molecule has 3 aromatic rings. The van der Waals surface area contributed by atoms with E-state index in [9.17, 15) is 9.59 Å². The van der Waals surface area contributed by atoms with Gasteiger partial charge in [-0.2, -0.15) is 4.98 Å². The number of nitrogens with zero attached hydrogens (tertiary/aromatic N) is 3. The lowest BCUT2D eigenvalue weighted by molar-refractivity contribution is -0.126. The molecule has 1 fully saturated rings. The van der Waals surface area contributed by atoms with Gasteiger partial charge >= 0.3 is 0 Å². The van der Waals surface area contributed by atoms with Gasteiger partial charge in [0, 0.05) is 49.2 Å². The fraction of sp³-hybridized carbons (Fsp3) is 0.333. The van der Waals surface area contributed by atoms with Crippen LogP contribution in [0.2, 0.25) is 0 Å². The molecule has 2 aromatic carbocycles. The maximum absolute atomic E-state index is 12.9. The number of aryl methyl sites for hydroxylation is 1. The number of amides is 2. The van der Waals surface area contributed by atoms with Gasteiger partial charge in [-0.15, -0.1) is 0 Å². The van der Waals surface area contributed by atoms with E-state index in [1.165, 1.54) is 0 Å². The molecule has 1 aliphatic rings. The summed E-state index contributed by atoms with van der Waals surface area (Å²) in [6, 6.07) is 14.8. The van der Waals surface area contributed by atoms with Crippen molar-refractivity contribution in [2.75, 3.05) is 20.2 Å². The highest BCUT2D eigenvalue weighted by molar-refractivity contribution is 5.94. The summed E-state index contributed by atoms with van der Waals surface area (Å²) < 4.78 is 10.3. The summed E-state index contributed by atoms with van der Waals surface area (Å²) in [5.41, 5.74) is 2.34. The van der Waals surface area contributed by atoms with Crippen LogP contribution in [-0.4, -0.2) is 47.1 Å². The van der Waals surface area contributed by atoms with E-state index in [2.05, 4.69) is 15.5 Å². The zero-order chi connectivity index (χ0) is 22.5. The number of methoxy groups -OCH3 is 1. The Labute approximate surface area is 186 Å². The van der Waals surface area contributed by atoms with Crippen molar-refractivity contribution in [2.45, 2.75) is 26.3 Å². The van der Waals surface area contributed by atoms with E-state index in [1.54, 1.807) is 31.1 Å². The van der Waals surface area contributed by atoms with E-state index in [4.69, 9.17) is 9.26 Å². The molecule has 4 rings (SSSR count). The standard InChI is InChI=1S/C24H26N4O4/c1-16-26-22(27-32-16)17-7-9-19(10-8-17)24(30)28-13-11-18(12-14-28)23(29)25-15-20-5-3-4-6-21(20)31-2/h3-10,18H,11-15H2,1-2H3,(H,25,29). The Kier molecular flexibility index (Phi) is 6.49. The Morgan fingerprint density at radius 3 is 2.50 bits per heavy atom. The minimum Gasteiger partial charge on any atom is -0.496 e. The number of carbonyl (C=O) groups is 2. The number of piperidine rings is 1. The van der Waals surface area contributed by atoms with Crippen LogP contribution in [0.4, 0.5) is 0 Å². The van der Waals surface area contributed by atoms with Crippen LogP contribution < -0.4 is 10.1 Å². The maximum atomic E-state index is 12.9. The fourth-order valence-corrected chi connectivity index (χ4v) is 3.88. The van der Waals surface area contributed by atoms with E-state index in [0.717, 1.165) is 16.9 Å². The summed E-state index contributed by atoms with van der Waals surface area (Å²) in [7, 11) is 1.62. The number of carbonyl (C=O) groups excluding carboxylic acids is 2. The second kappa shape index (κ2) is 9.64. The first-order chi connectivity index (χ1) is 15.5. The first kappa shape index (κ1) is 21.5. The lowest BCUT2D eigenvalue weighted by atomic mass is 9.95. The summed E-state index contributed by atoms with van der Waals surface area (Å²) >= 11 is 0. The maximum Gasteiger partial charge on any atom is 0.253 e. The van der Waals surface area contributed by atoms with E-state index in [-0.39, 0.29) is 17.7 Å². The van der Waals surface area contributed by atoms with Crippen LogP contribution in [0.5, 0.6) is 5.75 Å². The van der Waals surface area contributed by atoms with E-state index >= 15 is 0 Å². The molecule has 0 unspecified atom stereocenters. The van der Waals surface area contributed by atoms with Crippen LogP contribution in [0.1, 0.15) is 34.7 Å².